The van der Waals surface area contributed by atoms with Crippen molar-refractivity contribution in [1.29, 1.82) is 0 Å². The molecule has 0 fully saturated rings. The maximum atomic E-state index is 13.2. The summed E-state index contributed by atoms with van der Waals surface area (Å²) in [5.41, 5.74) is -3.14. The largest absolute Gasteiger partial charge is 0.511 e. The van der Waals surface area contributed by atoms with Gasteiger partial charge >= 0.3 is 15.5 Å². The fourth-order valence-corrected chi connectivity index (χ4v) is 4.10. The summed E-state index contributed by atoms with van der Waals surface area (Å²) in [5.74, 6) is 0.707. The van der Waals surface area contributed by atoms with Crippen molar-refractivity contribution in [3.63, 3.8) is 0 Å². The van der Waals surface area contributed by atoms with E-state index >= 15 is 0 Å². The van der Waals surface area contributed by atoms with Crippen LogP contribution >= 0.6 is 0 Å². The van der Waals surface area contributed by atoms with Gasteiger partial charge in [0.2, 0.25) is 0 Å². The zero-order valence-electron chi connectivity index (χ0n) is 16.7. The van der Waals surface area contributed by atoms with Gasteiger partial charge in [0.1, 0.15) is 5.76 Å². The van der Waals surface area contributed by atoms with Gasteiger partial charge in [-0.1, -0.05) is 48.5 Å². The van der Waals surface area contributed by atoms with Crippen LogP contribution in [0.1, 0.15) is 16.9 Å². The number of benzene rings is 2. The Morgan fingerprint density at radius 2 is 1.55 bits per heavy atom. The van der Waals surface area contributed by atoms with Gasteiger partial charge in [0.15, 0.2) is 0 Å². The van der Waals surface area contributed by atoms with Crippen molar-refractivity contribution in [1.82, 2.24) is 4.31 Å². The van der Waals surface area contributed by atoms with Gasteiger partial charge in [-0.2, -0.15) is 17.5 Å². The zero-order valence-corrected chi connectivity index (χ0v) is 17.5. The van der Waals surface area contributed by atoms with Crippen molar-refractivity contribution in [2.24, 2.45) is 0 Å². The molecule has 2 aromatic carbocycles. The molecule has 3 aromatic rings. The first-order chi connectivity index (χ1) is 14.8. The average Bonchev–Trinajstić information content (AvgIpc) is 3.26. The number of hydrogen-bond acceptors (Lipinski definition) is 4. The third-order valence-corrected chi connectivity index (χ3v) is 6.44. The fourth-order valence-electron chi connectivity index (χ4n) is 3.15. The van der Waals surface area contributed by atoms with Crippen LogP contribution in [-0.2, 0) is 29.4 Å². The lowest BCUT2D eigenvalue weighted by Crippen LogP contribution is -2.42. The summed E-state index contributed by atoms with van der Waals surface area (Å²) in [7, 11) is -5.44. The molecule has 0 saturated heterocycles. The Bertz CT molecular complexity index is 1050. The molecule has 9 heteroatoms. The monoisotopic (exact) mass is 452 g/mol. The molecule has 1 N–H and O–H groups in total. The third-order valence-electron chi connectivity index (χ3n) is 4.81. The quantitative estimate of drug-likeness (QED) is 0.479. The molecule has 0 spiro atoms. The van der Waals surface area contributed by atoms with E-state index in [9.17, 15) is 21.6 Å². The maximum Gasteiger partial charge on any atom is 0.511 e. The second-order valence-electron chi connectivity index (χ2n) is 6.93. The molecular weight excluding hydrogens is 429 g/mol. The molecule has 0 atom stereocenters. The van der Waals surface area contributed by atoms with Crippen LogP contribution in [0.4, 0.5) is 18.9 Å². The van der Waals surface area contributed by atoms with E-state index in [1.54, 1.807) is 73.0 Å². The number of anilines is 1. The molecule has 3 rings (SSSR count). The third kappa shape index (κ3) is 6.11. The molecule has 0 radical (unpaired) electrons. The van der Waals surface area contributed by atoms with Crippen molar-refractivity contribution in [2.75, 3.05) is 18.4 Å². The minimum absolute atomic E-state index is 0.130. The first kappa shape index (κ1) is 22.9. The van der Waals surface area contributed by atoms with Gasteiger partial charge < -0.3 is 9.73 Å². The normalized spacial score (nSPS) is 12.3. The van der Waals surface area contributed by atoms with Crippen molar-refractivity contribution < 1.29 is 26.0 Å². The highest BCUT2D eigenvalue weighted by Crippen LogP contribution is 2.28. The molecule has 0 saturated carbocycles. The molecule has 1 aromatic heterocycles. The average molecular weight is 452 g/mol. The number of nitrogens with one attached hydrogen (secondary N) is 1. The number of nitrogens with zero attached hydrogens (tertiary/aromatic N) is 1. The topological polar surface area (TPSA) is 62.6 Å². The van der Waals surface area contributed by atoms with Gasteiger partial charge in [-0.05, 0) is 42.2 Å². The van der Waals surface area contributed by atoms with E-state index in [-0.39, 0.29) is 25.9 Å². The molecule has 0 bridgehead atoms. The highest BCUT2D eigenvalue weighted by molar-refractivity contribution is 7.90. The van der Waals surface area contributed by atoms with E-state index in [0.717, 1.165) is 11.1 Å². The fraction of sp³-hybridized carbons (Fsp3) is 0.273. The summed E-state index contributed by atoms with van der Waals surface area (Å²) in [6.07, 6.45) is 1.87. The van der Waals surface area contributed by atoms with Crippen molar-refractivity contribution in [2.45, 2.75) is 24.9 Å². The Morgan fingerprint density at radius 1 is 0.871 bits per heavy atom. The first-order valence-corrected chi connectivity index (χ1v) is 11.2. The number of sulfonamides is 1. The lowest BCUT2D eigenvalue weighted by atomic mass is 10.1. The summed E-state index contributed by atoms with van der Waals surface area (Å²) in [6, 6.07) is 19.5. The van der Waals surface area contributed by atoms with Gasteiger partial charge in [0, 0.05) is 18.8 Å². The number of furan rings is 1. The Balaban J connectivity index is 1.72. The van der Waals surface area contributed by atoms with E-state index in [4.69, 9.17) is 4.42 Å². The molecule has 31 heavy (non-hydrogen) atoms. The van der Waals surface area contributed by atoms with Crippen LogP contribution in [0, 0.1) is 0 Å². The highest BCUT2D eigenvalue weighted by Gasteiger charge is 2.49. The van der Waals surface area contributed by atoms with Gasteiger partial charge in [-0.25, -0.2) is 8.42 Å². The Hall–Kier alpha value is -2.78. The predicted molar refractivity (Wildman–Crippen MR) is 113 cm³/mol. The summed E-state index contributed by atoms with van der Waals surface area (Å²) >= 11 is 0. The van der Waals surface area contributed by atoms with E-state index in [0.29, 0.717) is 22.3 Å². The summed E-state index contributed by atoms with van der Waals surface area (Å²) < 4.78 is 69.8. The van der Waals surface area contributed by atoms with E-state index < -0.39 is 15.5 Å². The van der Waals surface area contributed by atoms with Gasteiger partial charge in [-0.15, -0.1) is 0 Å². The maximum absolute atomic E-state index is 13.2. The lowest BCUT2D eigenvalue weighted by Gasteiger charge is -2.24. The van der Waals surface area contributed by atoms with E-state index in [2.05, 4.69) is 5.32 Å². The summed E-state index contributed by atoms with van der Waals surface area (Å²) in [4.78, 5) is 0. The standard InChI is InChI=1S/C22H23F3N2O3S/c23-22(24,25)31(28,29)27(14-12-18-7-2-1-3-8-18)15-13-19-9-4-5-11-21(19)26-17-20-10-6-16-30-20/h1-11,16,26H,12-15,17H2. The Morgan fingerprint density at radius 3 is 2.23 bits per heavy atom. The summed E-state index contributed by atoms with van der Waals surface area (Å²) in [5, 5.41) is 3.18. The number of para-hydroxylation sites is 1. The molecule has 166 valence electrons. The smallest absolute Gasteiger partial charge is 0.467 e. The first-order valence-electron chi connectivity index (χ1n) is 9.72. The summed E-state index contributed by atoms with van der Waals surface area (Å²) in [6.45, 7) is -0.134. The van der Waals surface area contributed by atoms with Crippen LogP contribution in [0.15, 0.2) is 77.4 Å². The van der Waals surface area contributed by atoms with Crippen molar-refractivity contribution in [3.05, 3.63) is 89.9 Å². The van der Waals surface area contributed by atoms with Crippen LogP contribution in [-0.4, -0.2) is 31.3 Å². The van der Waals surface area contributed by atoms with Crippen LogP contribution < -0.4 is 5.32 Å². The van der Waals surface area contributed by atoms with Gasteiger partial charge in [0.05, 0.1) is 12.8 Å². The molecule has 0 aliphatic heterocycles. The number of alkyl halides is 3. The number of hydrogen-bond donors (Lipinski definition) is 1. The molecule has 0 amide bonds. The SMILES string of the molecule is O=S(=O)(N(CCc1ccccc1)CCc1ccccc1NCc1ccco1)C(F)(F)F. The van der Waals surface area contributed by atoms with Crippen LogP contribution in [0.2, 0.25) is 0 Å². The van der Waals surface area contributed by atoms with Crippen molar-refractivity contribution in [3.8, 4) is 0 Å². The second-order valence-corrected chi connectivity index (χ2v) is 8.85. The van der Waals surface area contributed by atoms with Crippen LogP contribution in [0.25, 0.3) is 0 Å². The van der Waals surface area contributed by atoms with E-state index in [1.807, 2.05) is 0 Å². The molecular formula is C22H23F3N2O3S. The number of halogens is 3. The Kier molecular flexibility index (Phi) is 7.40. The zero-order chi connectivity index (χ0) is 22.3. The minimum Gasteiger partial charge on any atom is -0.467 e. The van der Waals surface area contributed by atoms with Crippen LogP contribution in [0.5, 0.6) is 0 Å². The van der Waals surface area contributed by atoms with Gasteiger partial charge in [0.25, 0.3) is 0 Å². The molecule has 5 nitrogen and oxygen atoms in total. The second kappa shape index (κ2) is 10.0. The predicted octanol–water partition coefficient (Wildman–Crippen LogP) is 4.83. The number of rotatable bonds is 10. The van der Waals surface area contributed by atoms with Crippen molar-refractivity contribution >= 4 is 15.7 Å². The molecule has 1 heterocycles. The van der Waals surface area contributed by atoms with Gasteiger partial charge in [-0.3, -0.25) is 0 Å². The molecule has 0 aliphatic carbocycles. The molecule has 0 aliphatic rings. The van der Waals surface area contributed by atoms with Crippen LogP contribution in [0.3, 0.4) is 0 Å². The van der Waals surface area contributed by atoms with E-state index in [1.165, 1.54) is 0 Å². The molecule has 0 unspecified atom stereocenters. The minimum atomic E-state index is -5.44. The Labute approximate surface area is 179 Å². The highest BCUT2D eigenvalue weighted by atomic mass is 32.2. The lowest BCUT2D eigenvalue weighted by molar-refractivity contribution is -0.0488.